The zero-order chi connectivity index (χ0) is 24.3. The van der Waals surface area contributed by atoms with Gasteiger partial charge in [-0.1, -0.05) is 30.3 Å². The Kier molecular flexibility index (Phi) is 6.91. The van der Waals surface area contributed by atoms with Crippen LogP contribution in [0.5, 0.6) is 0 Å². The summed E-state index contributed by atoms with van der Waals surface area (Å²) in [6.07, 6.45) is 9.06. The molecule has 2 aliphatic heterocycles. The first-order chi connectivity index (χ1) is 17.7. The van der Waals surface area contributed by atoms with Crippen molar-refractivity contribution in [2.24, 2.45) is 17.8 Å². The highest BCUT2D eigenvalue weighted by Crippen LogP contribution is 2.35. The molecule has 6 rings (SSSR count). The van der Waals surface area contributed by atoms with Gasteiger partial charge in [0.1, 0.15) is 0 Å². The predicted octanol–water partition coefficient (Wildman–Crippen LogP) is 5.37. The summed E-state index contributed by atoms with van der Waals surface area (Å²) in [6, 6.07) is 20.9. The number of hydrogen-bond acceptors (Lipinski definition) is 4. The number of piperidine rings is 1. The van der Waals surface area contributed by atoms with Crippen molar-refractivity contribution in [1.29, 1.82) is 0 Å². The van der Waals surface area contributed by atoms with E-state index in [1.54, 1.807) is 6.20 Å². The van der Waals surface area contributed by atoms with Gasteiger partial charge in [-0.15, -0.1) is 0 Å². The van der Waals surface area contributed by atoms with Crippen LogP contribution in [0, 0.1) is 17.8 Å². The van der Waals surface area contributed by atoms with E-state index in [1.807, 2.05) is 30.3 Å². The third-order valence-corrected chi connectivity index (χ3v) is 8.93. The van der Waals surface area contributed by atoms with Crippen LogP contribution in [-0.4, -0.2) is 54.6 Å². The summed E-state index contributed by atoms with van der Waals surface area (Å²) in [6.45, 7) is 6.20. The summed E-state index contributed by atoms with van der Waals surface area (Å²) >= 11 is 0. The number of aromatic nitrogens is 1. The third-order valence-electron chi connectivity index (χ3n) is 8.93. The lowest BCUT2D eigenvalue weighted by atomic mass is 9.83. The molecule has 3 aliphatic rings. The Morgan fingerprint density at radius 3 is 2.56 bits per heavy atom. The number of fused-ring (bicyclic) bond motifs is 2. The minimum atomic E-state index is 0.0426. The summed E-state index contributed by atoms with van der Waals surface area (Å²) in [7, 11) is 0. The van der Waals surface area contributed by atoms with Crippen LogP contribution >= 0.6 is 0 Å². The van der Waals surface area contributed by atoms with Crippen LogP contribution in [0.4, 0.5) is 5.69 Å². The summed E-state index contributed by atoms with van der Waals surface area (Å²) < 4.78 is 0. The van der Waals surface area contributed by atoms with Crippen LogP contribution in [0.2, 0.25) is 0 Å². The molecule has 5 heteroatoms. The molecule has 188 valence electrons. The molecule has 1 N–H and O–H groups in total. The van der Waals surface area contributed by atoms with E-state index < -0.39 is 0 Å². The Morgan fingerprint density at radius 1 is 0.861 bits per heavy atom. The number of hydrogen-bond donors (Lipinski definition) is 1. The number of amides is 1. The zero-order valence-corrected chi connectivity index (χ0v) is 21.2. The SMILES string of the molecule is O=C(N[C@H]1CC[C@H](CCN2CC[C@H]3CN(c4ccccc4)C[C@@H]3C2)CC1)c1cccc2ncccc12. The molecule has 1 aromatic heterocycles. The van der Waals surface area contributed by atoms with Crippen molar-refractivity contribution in [2.45, 2.75) is 44.6 Å². The Morgan fingerprint density at radius 2 is 1.69 bits per heavy atom. The molecule has 0 unspecified atom stereocenters. The second kappa shape index (κ2) is 10.6. The van der Waals surface area contributed by atoms with Gasteiger partial charge in [-0.3, -0.25) is 9.78 Å². The lowest BCUT2D eigenvalue weighted by Crippen LogP contribution is -2.41. The van der Waals surface area contributed by atoms with Gasteiger partial charge in [-0.2, -0.15) is 0 Å². The van der Waals surface area contributed by atoms with E-state index in [1.165, 1.54) is 64.1 Å². The largest absolute Gasteiger partial charge is 0.371 e. The van der Waals surface area contributed by atoms with Crippen molar-refractivity contribution in [3.63, 3.8) is 0 Å². The molecular formula is C31H38N4O. The minimum absolute atomic E-state index is 0.0426. The van der Waals surface area contributed by atoms with Gasteiger partial charge in [0.2, 0.25) is 0 Å². The van der Waals surface area contributed by atoms with Gasteiger partial charge in [0.15, 0.2) is 0 Å². The monoisotopic (exact) mass is 482 g/mol. The number of pyridine rings is 1. The third kappa shape index (κ3) is 5.12. The van der Waals surface area contributed by atoms with E-state index in [4.69, 9.17) is 0 Å². The number of carbonyl (C=O) groups is 1. The fourth-order valence-corrected chi connectivity index (χ4v) is 6.82. The van der Waals surface area contributed by atoms with E-state index in [9.17, 15) is 4.79 Å². The van der Waals surface area contributed by atoms with Crippen LogP contribution in [-0.2, 0) is 0 Å². The predicted molar refractivity (Wildman–Crippen MR) is 146 cm³/mol. The van der Waals surface area contributed by atoms with Crippen LogP contribution in [0.25, 0.3) is 10.9 Å². The molecule has 2 atom stereocenters. The molecule has 1 aliphatic carbocycles. The van der Waals surface area contributed by atoms with Crippen molar-refractivity contribution in [2.75, 3.05) is 37.6 Å². The van der Waals surface area contributed by atoms with Crippen molar-refractivity contribution >= 4 is 22.5 Å². The van der Waals surface area contributed by atoms with Gasteiger partial charge in [0, 0.05) is 48.5 Å². The molecule has 0 spiro atoms. The Bertz CT molecular complexity index is 1170. The molecule has 1 saturated carbocycles. The van der Waals surface area contributed by atoms with Crippen molar-refractivity contribution in [1.82, 2.24) is 15.2 Å². The molecule has 0 bridgehead atoms. The molecule has 0 radical (unpaired) electrons. The average molecular weight is 483 g/mol. The molecule has 2 saturated heterocycles. The standard InChI is InChI=1S/C31H38N4O/c36-31(29-8-4-10-30-28(29)9-5-17-32-30)33-26-13-11-23(12-14-26)15-18-34-19-16-24-21-35(22-25(24)20-34)27-6-2-1-3-7-27/h1-10,17,23-26H,11-16,18-22H2,(H,33,36)/t23-,24-,25-,26-/m0/s1. The van der Waals surface area contributed by atoms with Crippen LogP contribution in [0.3, 0.4) is 0 Å². The second-order valence-electron chi connectivity index (χ2n) is 11.2. The van der Waals surface area contributed by atoms with Crippen molar-refractivity contribution in [3.8, 4) is 0 Å². The van der Waals surface area contributed by atoms with Gasteiger partial charge < -0.3 is 15.1 Å². The molecular weight excluding hydrogens is 444 g/mol. The van der Waals surface area contributed by atoms with Gasteiger partial charge in [-0.05, 0) is 99.7 Å². The van der Waals surface area contributed by atoms with E-state index >= 15 is 0 Å². The Labute approximate surface area is 214 Å². The highest BCUT2D eigenvalue weighted by Gasteiger charge is 2.37. The maximum absolute atomic E-state index is 13.0. The van der Waals surface area contributed by atoms with E-state index in [2.05, 4.69) is 50.4 Å². The Hall–Kier alpha value is -2.92. The number of anilines is 1. The van der Waals surface area contributed by atoms with E-state index in [0.29, 0.717) is 6.04 Å². The van der Waals surface area contributed by atoms with E-state index in [-0.39, 0.29) is 5.91 Å². The first-order valence-corrected chi connectivity index (χ1v) is 13.9. The smallest absolute Gasteiger partial charge is 0.252 e. The normalized spacial score (nSPS) is 26.6. The summed E-state index contributed by atoms with van der Waals surface area (Å²) in [5, 5.41) is 4.25. The number of likely N-dealkylation sites (tertiary alicyclic amines) is 1. The van der Waals surface area contributed by atoms with Crippen LogP contribution in [0.1, 0.15) is 48.9 Å². The van der Waals surface area contributed by atoms with Crippen molar-refractivity contribution in [3.05, 3.63) is 72.4 Å². The van der Waals surface area contributed by atoms with E-state index in [0.717, 1.165) is 47.1 Å². The highest BCUT2D eigenvalue weighted by molar-refractivity contribution is 6.06. The number of rotatable bonds is 6. The fourth-order valence-electron chi connectivity index (χ4n) is 6.82. The average Bonchev–Trinajstić information content (AvgIpc) is 3.36. The number of nitrogens with zero attached hydrogens (tertiary/aromatic N) is 3. The Balaban J connectivity index is 0.947. The van der Waals surface area contributed by atoms with Gasteiger partial charge >= 0.3 is 0 Å². The van der Waals surface area contributed by atoms with Gasteiger partial charge in [0.05, 0.1) is 5.52 Å². The summed E-state index contributed by atoms with van der Waals surface area (Å²) in [5.41, 5.74) is 3.01. The van der Waals surface area contributed by atoms with Gasteiger partial charge in [0.25, 0.3) is 5.91 Å². The first-order valence-electron chi connectivity index (χ1n) is 13.9. The fraction of sp³-hybridized carbons (Fsp3) is 0.484. The maximum atomic E-state index is 13.0. The topological polar surface area (TPSA) is 48.5 Å². The van der Waals surface area contributed by atoms with Crippen LogP contribution < -0.4 is 10.2 Å². The summed E-state index contributed by atoms with van der Waals surface area (Å²) in [5.74, 6) is 2.51. The molecule has 3 aromatic rings. The summed E-state index contributed by atoms with van der Waals surface area (Å²) in [4.78, 5) is 22.7. The highest BCUT2D eigenvalue weighted by atomic mass is 16.1. The number of para-hydroxylation sites is 1. The minimum Gasteiger partial charge on any atom is -0.371 e. The van der Waals surface area contributed by atoms with Gasteiger partial charge in [-0.25, -0.2) is 0 Å². The van der Waals surface area contributed by atoms with Crippen molar-refractivity contribution < 1.29 is 4.79 Å². The second-order valence-corrected chi connectivity index (χ2v) is 11.2. The lowest BCUT2D eigenvalue weighted by molar-refractivity contribution is 0.0919. The number of carbonyl (C=O) groups excluding carboxylic acids is 1. The molecule has 1 amide bonds. The quantitative estimate of drug-likeness (QED) is 0.513. The molecule has 2 aromatic carbocycles. The molecule has 5 nitrogen and oxygen atoms in total. The molecule has 36 heavy (non-hydrogen) atoms. The van der Waals surface area contributed by atoms with Crippen LogP contribution in [0.15, 0.2) is 66.9 Å². The zero-order valence-electron chi connectivity index (χ0n) is 21.2. The molecule has 3 heterocycles. The number of nitrogens with one attached hydrogen (secondary N) is 1. The lowest BCUT2D eigenvalue weighted by Gasteiger charge is -2.36. The number of benzene rings is 2. The maximum Gasteiger partial charge on any atom is 0.252 e. The first kappa shape index (κ1) is 23.5. The molecule has 3 fully saturated rings.